The lowest BCUT2D eigenvalue weighted by Gasteiger charge is -2.25. The molecule has 0 spiro atoms. The molecule has 2 rings (SSSR count). The number of likely N-dealkylation sites (N-methyl/N-ethyl adjacent to an activating group) is 1. The molecule has 0 saturated carbocycles. The number of nitrogens with one attached hydrogen (secondary N) is 1. The van der Waals surface area contributed by atoms with E-state index in [0.29, 0.717) is 17.3 Å². The van der Waals surface area contributed by atoms with Crippen LogP contribution in [0.2, 0.25) is 5.02 Å². The van der Waals surface area contributed by atoms with Crippen LogP contribution in [-0.2, 0) is 11.2 Å². The average Bonchev–Trinajstić information content (AvgIpc) is 2.60. The molecule has 0 aromatic heterocycles. The summed E-state index contributed by atoms with van der Waals surface area (Å²) in [6.45, 7) is 2.31. The molecule has 134 valence electrons. The monoisotopic (exact) mass is 360 g/mol. The van der Waals surface area contributed by atoms with Crippen LogP contribution < -0.4 is 10.1 Å². The number of ether oxygens (including phenoxy) is 1. The number of benzene rings is 2. The van der Waals surface area contributed by atoms with Crippen LogP contribution >= 0.6 is 11.6 Å². The quantitative estimate of drug-likeness (QED) is 0.784. The van der Waals surface area contributed by atoms with E-state index in [9.17, 15) is 4.79 Å². The minimum atomic E-state index is -0.569. The summed E-state index contributed by atoms with van der Waals surface area (Å²) in [5, 5.41) is 3.62. The number of hydrogen-bond donors (Lipinski definition) is 1. The molecule has 0 bridgehead atoms. The van der Waals surface area contributed by atoms with Gasteiger partial charge in [-0.05, 0) is 57.3 Å². The highest BCUT2D eigenvalue weighted by Crippen LogP contribution is 2.16. The van der Waals surface area contributed by atoms with E-state index in [-0.39, 0.29) is 11.9 Å². The van der Waals surface area contributed by atoms with Gasteiger partial charge in [-0.1, -0.05) is 41.9 Å². The van der Waals surface area contributed by atoms with E-state index in [1.807, 2.05) is 32.3 Å². The van der Waals surface area contributed by atoms with Crippen molar-refractivity contribution in [3.63, 3.8) is 0 Å². The van der Waals surface area contributed by atoms with Crippen LogP contribution in [0, 0.1) is 0 Å². The zero-order valence-electron chi connectivity index (χ0n) is 14.9. The molecule has 5 heteroatoms. The van der Waals surface area contributed by atoms with Crippen LogP contribution in [0.4, 0.5) is 0 Å². The van der Waals surface area contributed by atoms with Crippen molar-refractivity contribution in [1.82, 2.24) is 10.2 Å². The van der Waals surface area contributed by atoms with Gasteiger partial charge in [-0.3, -0.25) is 4.79 Å². The van der Waals surface area contributed by atoms with Gasteiger partial charge in [0, 0.05) is 17.6 Å². The van der Waals surface area contributed by atoms with Crippen molar-refractivity contribution in [3.05, 3.63) is 65.2 Å². The summed E-state index contributed by atoms with van der Waals surface area (Å²) in [5.41, 5.74) is 1.25. The minimum absolute atomic E-state index is 0.130. The first-order valence-corrected chi connectivity index (χ1v) is 8.74. The lowest BCUT2D eigenvalue weighted by Crippen LogP contribution is -2.45. The standard InChI is InChI=1S/C20H25ClN2O2/c1-15(25-19-11-9-17(21)10-12-19)20(24)22-14-18(23(2)3)13-16-7-5-4-6-8-16/h4-12,15,18H,13-14H2,1-3H3,(H,22,24). The lowest BCUT2D eigenvalue weighted by molar-refractivity contribution is -0.127. The summed E-state index contributed by atoms with van der Waals surface area (Å²) in [7, 11) is 4.04. The Balaban J connectivity index is 1.86. The van der Waals surface area contributed by atoms with Crippen LogP contribution in [0.3, 0.4) is 0 Å². The van der Waals surface area contributed by atoms with E-state index in [4.69, 9.17) is 16.3 Å². The maximum absolute atomic E-state index is 12.3. The van der Waals surface area contributed by atoms with Gasteiger partial charge in [0.25, 0.3) is 5.91 Å². The second kappa shape index (κ2) is 9.44. The highest BCUT2D eigenvalue weighted by Gasteiger charge is 2.18. The zero-order valence-corrected chi connectivity index (χ0v) is 15.7. The van der Waals surface area contributed by atoms with Crippen molar-refractivity contribution in [2.24, 2.45) is 0 Å². The molecule has 0 aliphatic carbocycles. The Bertz CT molecular complexity index is 659. The third kappa shape index (κ3) is 6.40. The predicted octanol–water partition coefficient (Wildman–Crippen LogP) is 3.40. The Labute approximate surface area is 154 Å². The molecule has 0 fully saturated rings. The largest absolute Gasteiger partial charge is 0.481 e. The Morgan fingerprint density at radius 3 is 2.36 bits per heavy atom. The average molecular weight is 361 g/mol. The number of amides is 1. The molecule has 2 atom stereocenters. The Morgan fingerprint density at radius 1 is 1.12 bits per heavy atom. The van der Waals surface area contributed by atoms with Gasteiger partial charge in [0.2, 0.25) is 0 Å². The summed E-state index contributed by atoms with van der Waals surface area (Å²) >= 11 is 5.85. The highest BCUT2D eigenvalue weighted by atomic mass is 35.5. The fourth-order valence-corrected chi connectivity index (χ4v) is 2.58. The fourth-order valence-electron chi connectivity index (χ4n) is 2.46. The summed E-state index contributed by atoms with van der Waals surface area (Å²) in [6.07, 6.45) is 0.307. The van der Waals surface area contributed by atoms with Gasteiger partial charge in [0.1, 0.15) is 5.75 Å². The number of halogens is 1. The third-order valence-corrected chi connectivity index (χ3v) is 4.30. The zero-order chi connectivity index (χ0) is 18.2. The predicted molar refractivity (Wildman–Crippen MR) is 102 cm³/mol. The maximum Gasteiger partial charge on any atom is 0.260 e. The van der Waals surface area contributed by atoms with E-state index in [0.717, 1.165) is 6.42 Å². The van der Waals surface area contributed by atoms with E-state index >= 15 is 0 Å². The van der Waals surface area contributed by atoms with Gasteiger partial charge in [0.05, 0.1) is 0 Å². The fraction of sp³-hybridized carbons (Fsp3) is 0.350. The lowest BCUT2D eigenvalue weighted by atomic mass is 10.1. The number of rotatable bonds is 8. The van der Waals surface area contributed by atoms with Crippen LogP contribution in [0.1, 0.15) is 12.5 Å². The molecule has 0 aliphatic heterocycles. The number of carbonyl (C=O) groups is 1. The molecule has 1 N–H and O–H groups in total. The molecule has 2 aromatic rings. The summed E-state index contributed by atoms with van der Waals surface area (Å²) in [4.78, 5) is 14.4. The summed E-state index contributed by atoms with van der Waals surface area (Å²) in [5.74, 6) is 0.496. The van der Waals surface area contributed by atoms with E-state index < -0.39 is 6.10 Å². The van der Waals surface area contributed by atoms with E-state index in [1.165, 1.54) is 5.56 Å². The Kier molecular flexibility index (Phi) is 7.29. The molecule has 1 amide bonds. The molecule has 0 aliphatic rings. The number of carbonyl (C=O) groups excluding carboxylic acids is 1. The highest BCUT2D eigenvalue weighted by molar-refractivity contribution is 6.30. The first kappa shape index (κ1) is 19.3. The molecule has 2 aromatic carbocycles. The smallest absolute Gasteiger partial charge is 0.260 e. The van der Waals surface area contributed by atoms with Gasteiger partial charge in [0.15, 0.2) is 6.10 Å². The summed E-state index contributed by atoms with van der Waals surface area (Å²) < 4.78 is 5.66. The van der Waals surface area contributed by atoms with E-state index in [2.05, 4.69) is 22.3 Å². The van der Waals surface area contributed by atoms with Gasteiger partial charge in [-0.15, -0.1) is 0 Å². The summed E-state index contributed by atoms with van der Waals surface area (Å²) in [6, 6.07) is 17.5. The van der Waals surface area contributed by atoms with Gasteiger partial charge >= 0.3 is 0 Å². The molecule has 2 unspecified atom stereocenters. The molecule has 4 nitrogen and oxygen atoms in total. The van der Waals surface area contributed by atoms with Crippen LogP contribution in [-0.4, -0.2) is 43.6 Å². The Morgan fingerprint density at radius 2 is 1.76 bits per heavy atom. The minimum Gasteiger partial charge on any atom is -0.481 e. The number of hydrogen-bond acceptors (Lipinski definition) is 3. The topological polar surface area (TPSA) is 41.6 Å². The Hall–Kier alpha value is -2.04. The third-order valence-electron chi connectivity index (χ3n) is 4.05. The van der Waals surface area contributed by atoms with Crippen molar-refractivity contribution >= 4 is 17.5 Å². The molecule has 25 heavy (non-hydrogen) atoms. The molecule has 0 saturated heterocycles. The normalized spacial score (nSPS) is 13.3. The first-order chi connectivity index (χ1) is 12.0. The van der Waals surface area contributed by atoms with Crippen LogP contribution in [0.25, 0.3) is 0 Å². The maximum atomic E-state index is 12.3. The molecule has 0 radical (unpaired) electrons. The van der Waals surface area contributed by atoms with E-state index in [1.54, 1.807) is 31.2 Å². The van der Waals surface area contributed by atoms with Crippen LogP contribution in [0.15, 0.2) is 54.6 Å². The van der Waals surface area contributed by atoms with Gasteiger partial charge in [-0.25, -0.2) is 0 Å². The van der Waals surface area contributed by atoms with Gasteiger partial charge in [-0.2, -0.15) is 0 Å². The van der Waals surface area contributed by atoms with Crippen molar-refractivity contribution < 1.29 is 9.53 Å². The SMILES string of the molecule is CC(Oc1ccc(Cl)cc1)C(=O)NCC(Cc1ccccc1)N(C)C. The molecular weight excluding hydrogens is 336 g/mol. The second-order valence-electron chi connectivity index (χ2n) is 6.27. The van der Waals surface area contributed by atoms with Crippen molar-refractivity contribution in [2.75, 3.05) is 20.6 Å². The molecular formula is C20H25ClN2O2. The van der Waals surface area contributed by atoms with Crippen molar-refractivity contribution in [1.29, 1.82) is 0 Å². The van der Waals surface area contributed by atoms with Crippen molar-refractivity contribution in [3.8, 4) is 5.75 Å². The first-order valence-electron chi connectivity index (χ1n) is 8.36. The second-order valence-corrected chi connectivity index (χ2v) is 6.70. The molecule has 0 heterocycles. The van der Waals surface area contributed by atoms with Crippen LogP contribution in [0.5, 0.6) is 5.75 Å². The number of nitrogens with zero attached hydrogens (tertiary/aromatic N) is 1. The van der Waals surface area contributed by atoms with Crippen molar-refractivity contribution in [2.45, 2.75) is 25.5 Å². The van der Waals surface area contributed by atoms with Gasteiger partial charge < -0.3 is 15.0 Å².